The van der Waals surface area contributed by atoms with Crippen LogP contribution in [0.25, 0.3) is 16.9 Å². The maximum atomic E-state index is 12.5. The first-order valence-corrected chi connectivity index (χ1v) is 13.4. The second kappa shape index (κ2) is 11.2. The van der Waals surface area contributed by atoms with Crippen LogP contribution >= 0.6 is 11.3 Å². The van der Waals surface area contributed by atoms with Crippen LogP contribution in [0.1, 0.15) is 10.4 Å². The molecule has 0 spiro atoms. The van der Waals surface area contributed by atoms with E-state index in [0.717, 1.165) is 9.18 Å². The first-order valence-electron chi connectivity index (χ1n) is 11.2. The molecule has 39 heavy (non-hydrogen) atoms. The van der Waals surface area contributed by atoms with Crippen LogP contribution in [0.5, 0.6) is 0 Å². The molecule has 1 amide bonds. The summed E-state index contributed by atoms with van der Waals surface area (Å²) in [4.78, 5) is 38.9. The zero-order valence-corrected chi connectivity index (χ0v) is 22.3. The molecule has 6 N–H and O–H groups in total. The number of ether oxygens (including phenoxy) is 1. The number of H-pyrrole nitrogens is 1. The van der Waals surface area contributed by atoms with Crippen molar-refractivity contribution in [3.63, 3.8) is 0 Å². The number of aliphatic hydroxyl groups is 2. The van der Waals surface area contributed by atoms with Gasteiger partial charge in [-0.1, -0.05) is 12.1 Å². The van der Waals surface area contributed by atoms with E-state index < -0.39 is 15.9 Å². The summed E-state index contributed by atoms with van der Waals surface area (Å²) < 4.78 is 32.4. The van der Waals surface area contributed by atoms with E-state index in [-0.39, 0.29) is 58.9 Å². The van der Waals surface area contributed by atoms with Crippen molar-refractivity contribution < 1.29 is 28.2 Å². The molecule has 1 aromatic carbocycles. The van der Waals surface area contributed by atoms with E-state index in [0.29, 0.717) is 10.8 Å². The highest BCUT2D eigenvalue weighted by Crippen LogP contribution is 2.34. The summed E-state index contributed by atoms with van der Waals surface area (Å²) in [6, 6.07) is 5.99. The number of nitrogens with one attached hydrogen (secondary N) is 2. The number of benzene rings is 1. The van der Waals surface area contributed by atoms with E-state index in [9.17, 15) is 23.1 Å². The van der Waals surface area contributed by atoms with Gasteiger partial charge in [-0.25, -0.2) is 18.4 Å². The average molecular weight is 577 g/mol. The Morgan fingerprint density at radius 1 is 1.28 bits per heavy atom. The number of rotatable bonds is 6. The van der Waals surface area contributed by atoms with E-state index in [1.54, 1.807) is 18.3 Å². The summed E-state index contributed by atoms with van der Waals surface area (Å²) in [6.45, 7) is 2.13. The van der Waals surface area contributed by atoms with Crippen molar-refractivity contribution in [1.29, 1.82) is 0 Å². The van der Waals surface area contributed by atoms with Crippen molar-refractivity contribution in [3.8, 4) is 0 Å². The number of carbonyl (C=O) groups is 1. The standard InChI is InChI=1S/C14H13N3O4S2.C8H11N5O3/c1-8-7-15-14(22-8)16-13(19)11-12(18)9-5-3-4-6-10(9)23(20,21)17(11)2;9-8-11-6-5(7(15)12-8)10-3-13(6)4-16-2-1-14/h3-7,18H,1-2H3,(H,15,16,19);3,14H,1-2,4H2,(H3,9,11,12,15). The molecule has 4 aromatic rings. The molecule has 0 radical (unpaired) electrons. The number of carbonyl (C=O) groups excluding carboxylic acids is 1. The number of hydrogen-bond donors (Lipinski definition) is 5. The highest BCUT2D eigenvalue weighted by Gasteiger charge is 2.37. The van der Waals surface area contributed by atoms with Gasteiger partial charge >= 0.3 is 0 Å². The Morgan fingerprint density at radius 3 is 2.72 bits per heavy atom. The number of nitrogens with zero attached hydrogens (tertiary/aromatic N) is 5. The molecule has 1 aliphatic rings. The van der Waals surface area contributed by atoms with Gasteiger partial charge in [0.15, 0.2) is 27.8 Å². The number of amides is 1. The van der Waals surface area contributed by atoms with Crippen LogP contribution in [0.15, 0.2) is 52.2 Å². The third-order valence-electron chi connectivity index (χ3n) is 5.34. The lowest BCUT2D eigenvalue weighted by molar-refractivity contribution is -0.113. The molecule has 0 saturated carbocycles. The summed E-state index contributed by atoms with van der Waals surface area (Å²) in [5, 5.41) is 21.8. The molecular weight excluding hydrogens is 552 g/mol. The van der Waals surface area contributed by atoms with E-state index in [1.807, 2.05) is 6.92 Å². The Kier molecular flexibility index (Phi) is 7.95. The number of anilines is 2. The molecule has 3 aromatic heterocycles. The number of aromatic amines is 1. The van der Waals surface area contributed by atoms with Crippen molar-refractivity contribution in [3.05, 3.63) is 63.3 Å². The third kappa shape index (κ3) is 5.60. The molecule has 0 saturated heterocycles. The van der Waals surface area contributed by atoms with Gasteiger partial charge in [-0.3, -0.25) is 28.8 Å². The van der Waals surface area contributed by atoms with E-state index in [2.05, 4.69) is 25.3 Å². The summed E-state index contributed by atoms with van der Waals surface area (Å²) in [5.74, 6) is -1.09. The van der Waals surface area contributed by atoms with Crippen LogP contribution in [0.3, 0.4) is 0 Å². The maximum Gasteiger partial charge on any atom is 0.280 e. The van der Waals surface area contributed by atoms with Crippen LogP contribution in [0, 0.1) is 6.92 Å². The first-order chi connectivity index (χ1) is 18.5. The van der Waals surface area contributed by atoms with Crippen molar-refractivity contribution in [2.75, 3.05) is 31.3 Å². The monoisotopic (exact) mass is 576 g/mol. The van der Waals surface area contributed by atoms with E-state index >= 15 is 0 Å². The lowest BCUT2D eigenvalue weighted by Gasteiger charge is -2.28. The van der Waals surface area contributed by atoms with Gasteiger partial charge in [0.05, 0.1) is 24.4 Å². The van der Waals surface area contributed by atoms with E-state index in [1.165, 1.54) is 41.4 Å². The molecule has 0 bridgehead atoms. The Morgan fingerprint density at radius 2 is 2.03 bits per heavy atom. The summed E-state index contributed by atoms with van der Waals surface area (Å²) >= 11 is 1.25. The molecule has 17 heteroatoms. The van der Waals surface area contributed by atoms with Crippen molar-refractivity contribution in [2.24, 2.45) is 0 Å². The zero-order chi connectivity index (χ0) is 28.3. The number of nitrogen functional groups attached to an aromatic ring is 1. The molecule has 0 unspecified atom stereocenters. The Balaban J connectivity index is 0.000000193. The number of aryl methyl sites for hydroxylation is 1. The largest absolute Gasteiger partial charge is 0.505 e. The number of fused-ring (bicyclic) bond motifs is 2. The normalized spacial score (nSPS) is 14.1. The van der Waals surface area contributed by atoms with Crippen molar-refractivity contribution >= 4 is 55.3 Å². The number of nitrogens with two attached hydrogens (primary N) is 1. The minimum absolute atomic E-state index is 0.0291. The molecule has 0 atom stereocenters. The number of sulfonamides is 1. The number of aromatic nitrogens is 5. The molecule has 1 aliphatic heterocycles. The number of likely N-dealkylation sites (N-methyl/N-ethyl adjacent to an activating group) is 1. The fraction of sp³-hybridized carbons (Fsp3) is 0.227. The highest BCUT2D eigenvalue weighted by atomic mass is 32.2. The predicted octanol–water partition coefficient (Wildman–Crippen LogP) is 0.619. The van der Waals surface area contributed by atoms with Gasteiger partial charge in [-0.15, -0.1) is 11.3 Å². The minimum atomic E-state index is -3.90. The van der Waals surface area contributed by atoms with Crippen LogP contribution in [0.4, 0.5) is 11.1 Å². The minimum Gasteiger partial charge on any atom is -0.505 e. The van der Waals surface area contributed by atoms with Gasteiger partial charge in [0, 0.05) is 23.7 Å². The van der Waals surface area contributed by atoms with Gasteiger partial charge < -0.3 is 20.7 Å². The number of thiazole rings is 1. The Bertz CT molecular complexity index is 1730. The van der Waals surface area contributed by atoms with E-state index in [4.69, 9.17) is 15.6 Å². The molecule has 15 nitrogen and oxygen atoms in total. The first kappa shape index (κ1) is 27.7. The van der Waals surface area contributed by atoms with Gasteiger partial charge in [0.1, 0.15) is 6.73 Å². The maximum absolute atomic E-state index is 12.5. The molecule has 5 rings (SSSR count). The van der Waals surface area contributed by atoms with Gasteiger partial charge in [-0.05, 0) is 19.1 Å². The van der Waals surface area contributed by atoms with Crippen molar-refractivity contribution in [2.45, 2.75) is 18.6 Å². The summed E-state index contributed by atoms with van der Waals surface area (Å²) in [5.41, 5.74) is 5.37. The van der Waals surface area contributed by atoms with Gasteiger partial charge in [-0.2, -0.15) is 4.98 Å². The fourth-order valence-electron chi connectivity index (χ4n) is 3.54. The van der Waals surface area contributed by atoms with Crippen LogP contribution in [-0.2, 0) is 26.3 Å². The highest BCUT2D eigenvalue weighted by molar-refractivity contribution is 7.89. The molecule has 4 heterocycles. The lowest BCUT2D eigenvalue weighted by Crippen LogP contribution is -2.37. The second-order valence-corrected chi connectivity index (χ2v) is 11.2. The molecule has 0 fully saturated rings. The smallest absolute Gasteiger partial charge is 0.280 e. The third-order valence-corrected chi connectivity index (χ3v) is 7.98. The van der Waals surface area contributed by atoms with Crippen LogP contribution < -0.4 is 16.6 Å². The second-order valence-electron chi connectivity index (χ2n) is 7.99. The van der Waals surface area contributed by atoms with Gasteiger partial charge in [0.25, 0.3) is 21.5 Å². The Labute approximate surface area is 225 Å². The average Bonchev–Trinajstić information content (AvgIpc) is 3.49. The zero-order valence-electron chi connectivity index (χ0n) is 20.7. The summed E-state index contributed by atoms with van der Waals surface area (Å²) in [7, 11) is -2.67. The molecule has 206 valence electrons. The lowest BCUT2D eigenvalue weighted by atomic mass is 10.1. The predicted molar refractivity (Wildman–Crippen MR) is 142 cm³/mol. The quantitative estimate of drug-likeness (QED) is 0.200. The SMILES string of the molecule is Cc1cnc(NC(=O)C2=C(O)c3ccccc3S(=O)(=O)N2C)s1.Nc1nc2c(ncn2COCCO)c(=O)[nH]1. The summed E-state index contributed by atoms with van der Waals surface area (Å²) in [6.07, 6.45) is 3.02. The topological polar surface area (TPSA) is 219 Å². The van der Waals surface area contributed by atoms with Crippen LogP contribution in [0.2, 0.25) is 0 Å². The number of hydrogen-bond acceptors (Lipinski definition) is 12. The van der Waals surface area contributed by atoms with Gasteiger partial charge in [0.2, 0.25) is 5.95 Å². The molecule has 0 aliphatic carbocycles. The molecular formula is C22H24N8O7S2. The number of aliphatic hydroxyl groups excluding tert-OH is 2. The van der Waals surface area contributed by atoms with Crippen LogP contribution in [-0.4, -0.2) is 73.6 Å². The van der Waals surface area contributed by atoms with Crippen molar-refractivity contribution in [1.82, 2.24) is 28.8 Å². The number of imidazole rings is 1. The Hall–Kier alpha value is -4.32. The fourth-order valence-corrected chi connectivity index (χ4v) is 5.60.